The Balaban J connectivity index is 1.43. The fraction of sp³-hybridized carbons (Fsp3) is 0.138. The van der Waals surface area contributed by atoms with Crippen molar-refractivity contribution in [3.05, 3.63) is 120 Å². The summed E-state index contributed by atoms with van der Waals surface area (Å²) < 4.78 is 2.18. The second-order valence-corrected chi connectivity index (χ2v) is 8.19. The van der Waals surface area contributed by atoms with Crippen LogP contribution in [0, 0.1) is 6.92 Å². The van der Waals surface area contributed by atoms with E-state index in [1.807, 2.05) is 31.5 Å². The molecule has 0 aliphatic carbocycles. The number of hydrogen-bond acceptors (Lipinski definition) is 3. The van der Waals surface area contributed by atoms with Crippen molar-refractivity contribution in [1.82, 2.24) is 19.7 Å². The van der Waals surface area contributed by atoms with Crippen LogP contribution in [-0.4, -0.2) is 19.7 Å². The summed E-state index contributed by atoms with van der Waals surface area (Å²) >= 11 is 0. The van der Waals surface area contributed by atoms with Crippen molar-refractivity contribution in [1.29, 1.82) is 0 Å². The van der Waals surface area contributed by atoms with Gasteiger partial charge in [0.15, 0.2) is 5.82 Å². The van der Waals surface area contributed by atoms with E-state index < -0.39 is 0 Å². The van der Waals surface area contributed by atoms with Gasteiger partial charge in [0.05, 0.1) is 5.69 Å². The van der Waals surface area contributed by atoms with Crippen LogP contribution in [-0.2, 0) is 12.8 Å². The van der Waals surface area contributed by atoms with Crippen LogP contribution in [0.4, 0.5) is 0 Å². The maximum absolute atomic E-state index is 4.54. The molecule has 0 spiro atoms. The van der Waals surface area contributed by atoms with Crippen molar-refractivity contribution in [3.8, 4) is 28.2 Å². The number of para-hydroxylation sites is 1. The van der Waals surface area contributed by atoms with Gasteiger partial charge in [-0.25, -0.2) is 0 Å². The fourth-order valence-corrected chi connectivity index (χ4v) is 4.25. The Morgan fingerprint density at radius 1 is 0.667 bits per heavy atom. The lowest BCUT2D eigenvalue weighted by atomic mass is 10.0. The van der Waals surface area contributed by atoms with Crippen molar-refractivity contribution in [3.63, 3.8) is 0 Å². The van der Waals surface area contributed by atoms with Crippen LogP contribution in [0.25, 0.3) is 28.2 Å². The smallest absolute Gasteiger partial charge is 0.168 e. The van der Waals surface area contributed by atoms with E-state index >= 15 is 0 Å². The zero-order chi connectivity index (χ0) is 22.5. The van der Waals surface area contributed by atoms with Gasteiger partial charge in [0.1, 0.15) is 5.82 Å². The molecule has 0 bridgehead atoms. The molecule has 0 fully saturated rings. The van der Waals surface area contributed by atoms with Crippen molar-refractivity contribution >= 4 is 0 Å². The minimum Gasteiger partial charge on any atom is -0.279 e. The number of aryl methyl sites for hydroxylation is 3. The molecule has 4 nitrogen and oxygen atoms in total. The number of pyridine rings is 1. The lowest BCUT2D eigenvalue weighted by Gasteiger charge is -2.14. The Hall–Kier alpha value is -4.05. The summed E-state index contributed by atoms with van der Waals surface area (Å²) in [4.78, 5) is 4.23. The molecule has 5 aromatic rings. The van der Waals surface area contributed by atoms with E-state index in [0.717, 1.165) is 42.2 Å². The SMILES string of the molecule is Cc1nnc(-c2ccc(-c3ccccc3)cc2)n1-c1ccccc1CCCc1cccnc1. The van der Waals surface area contributed by atoms with Crippen LogP contribution in [0.3, 0.4) is 0 Å². The maximum atomic E-state index is 4.54. The third-order valence-electron chi connectivity index (χ3n) is 5.94. The zero-order valence-corrected chi connectivity index (χ0v) is 18.7. The van der Waals surface area contributed by atoms with Gasteiger partial charge in [0, 0.05) is 18.0 Å². The van der Waals surface area contributed by atoms with Crippen molar-refractivity contribution in [2.75, 3.05) is 0 Å². The van der Waals surface area contributed by atoms with Crippen molar-refractivity contribution in [2.24, 2.45) is 0 Å². The molecule has 0 saturated heterocycles. The molecule has 2 aromatic heterocycles. The highest BCUT2D eigenvalue weighted by Crippen LogP contribution is 2.28. The summed E-state index contributed by atoms with van der Waals surface area (Å²) in [6.45, 7) is 2.02. The number of aromatic nitrogens is 4. The minimum absolute atomic E-state index is 0.867. The Bertz CT molecular complexity index is 1320. The van der Waals surface area contributed by atoms with Gasteiger partial charge < -0.3 is 0 Å². The van der Waals surface area contributed by atoms with Gasteiger partial charge in [-0.2, -0.15) is 0 Å². The molecule has 0 unspecified atom stereocenters. The zero-order valence-electron chi connectivity index (χ0n) is 18.7. The van der Waals surface area contributed by atoms with Crippen molar-refractivity contribution in [2.45, 2.75) is 26.2 Å². The lowest BCUT2D eigenvalue weighted by molar-refractivity contribution is 0.807. The topological polar surface area (TPSA) is 43.6 Å². The third kappa shape index (κ3) is 4.60. The first-order chi connectivity index (χ1) is 16.3. The quantitative estimate of drug-likeness (QED) is 0.297. The van der Waals surface area contributed by atoms with Gasteiger partial charge in [0.2, 0.25) is 0 Å². The molecular formula is C29H26N4. The molecule has 0 saturated carbocycles. The Kier molecular flexibility index (Phi) is 6.07. The van der Waals surface area contributed by atoms with Gasteiger partial charge in [-0.1, -0.05) is 78.9 Å². The van der Waals surface area contributed by atoms with Crippen molar-refractivity contribution < 1.29 is 0 Å². The first-order valence-corrected chi connectivity index (χ1v) is 11.3. The highest BCUT2D eigenvalue weighted by molar-refractivity contribution is 5.68. The van der Waals surface area contributed by atoms with Gasteiger partial charge in [0.25, 0.3) is 0 Å². The molecule has 162 valence electrons. The molecule has 0 aliphatic heterocycles. The molecule has 0 N–H and O–H groups in total. The molecule has 0 atom stereocenters. The monoisotopic (exact) mass is 430 g/mol. The summed E-state index contributed by atoms with van der Waals surface area (Å²) in [7, 11) is 0. The first-order valence-electron chi connectivity index (χ1n) is 11.3. The third-order valence-corrected chi connectivity index (χ3v) is 5.94. The van der Waals surface area contributed by atoms with E-state index in [0.29, 0.717) is 0 Å². The van der Waals surface area contributed by atoms with Gasteiger partial charge in [-0.05, 0) is 60.6 Å². The molecule has 3 aromatic carbocycles. The largest absolute Gasteiger partial charge is 0.279 e. The van der Waals surface area contributed by atoms with Crippen LogP contribution in [0.5, 0.6) is 0 Å². The summed E-state index contributed by atoms with van der Waals surface area (Å²) in [5.74, 6) is 1.75. The van der Waals surface area contributed by atoms with Crippen LogP contribution in [0.2, 0.25) is 0 Å². The number of hydrogen-bond donors (Lipinski definition) is 0. The van der Waals surface area contributed by atoms with E-state index in [9.17, 15) is 0 Å². The Labute approximate surface area is 194 Å². The van der Waals surface area contributed by atoms with E-state index in [1.54, 1.807) is 0 Å². The molecule has 2 heterocycles. The molecular weight excluding hydrogens is 404 g/mol. The Morgan fingerprint density at radius 2 is 1.39 bits per heavy atom. The predicted octanol–water partition coefficient (Wildman–Crippen LogP) is 6.48. The van der Waals surface area contributed by atoms with Gasteiger partial charge in [-0.15, -0.1) is 10.2 Å². The number of benzene rings is 3. The van der Waals surface area contributed by atoms with Crippen LogP contribution >= 0.6 is 0 Å². The van der Waals surface area contributed by atoms with Crippen LogP contribution in [0.15, 0.2) is 103 Å². The average molecular weight is 431 g/mol. The van der Waals surface area contributed by atoms with E-state index in [1.165, 1.54) is 22.3 Å². The highest BCUT2D eigenvalue weighted by Gasteiger charge is 2.15. The summed E-state index contributed by atoms with van der Waals surface area (Å²) in [6.07, 6.45) is 6.83. The summed E-state index contributed by atoms with van der Waals surface area (Å²) in [5, 5.41) is 8.96. The maximum Gasteiger partial charge on any atom is 0.168 e. The normalized spacial score (nSPS) is 10.9. The second-order valence-electron chi connectivity index (χ2n) is 8.19. The van der Waals surface area contributed by atoms with Gasteiger partial charge in [-0.3, -0.25) is 9.55 Å². The number of nitrogens with zero attached hydrogens (tertiary/aromatic N) is 4. The molecule has 5 rings (SSSR count). The average Bonchev–Trinajstić information content (AvgIpc) is 3.27. The fourth-order valence-electron chi connectivity index (χ4n) is 4.25. The number of rotatable bonds is 7. The first kappa shape index (κ1) is 20.8. The Morgan fingerprint density at radius 3 is 2.18 bits per heavy atom. The molecule has 33 heavy (non-hydrogen) atoms. The minimum atomic E-state index is 0.867. The standard InChI is InChI=1S/C29H26N4/c1-22-31-32-29(27-18-16-25(17-19-27)24-11-3-2-4-12-24)33(22)28-15-6-5-13-26(28)14-7-9-23-10-8-20-30-21-23/h2-6,8,10-13,15-21H,7,9,14H2,1H3. The van der Waals surface area contributed by atoms with Crippen LogP contribution < -0.4 is 0 Å². The molecule has 0 amide bonds. The van der Waals surface area contributed by atoms with Crippen LogP contribution in [0.1, 0.15) is 23.4 Å². The predicted molar refractivity (Wildman–Crippen MR) is 133 cm³/mol. The highest BCUT2D eigenvalue weighted by atomic mass is 15.3. The van der Waals surface area contributed by atoms with E-state index in [2.05, 4.69) is 98.6 Å². The molecule has 0 radical (unpaired) electrons. The van der Waals surface area contributed by atoms with Gasteiger partial charge >= 0.3 is 0 Å². The van der Waals surface area contributed by atoms with E-state index in [4.69, 9.17) is 0 Å². The second kappa shape index (κ2) is 9.61. The summed E-state index contributed by atoms with van der Waals surface area (Å²) in [5.41, 5.74) is 7.17. The lowest BCUT2D eigenvalue weighted by Crippen LogP contribution is -2.04. The van der Waals surface area contributed by atoms with E-state index in [-0.39, 0.29) is 0 Å². The summed E-state index contributed by atoms with van der Waals surface area (Å²) in [6, 6.07) is 31.7. The molecule has 4 heteroatoms. The molecule has 0 aliphatic rings.